The van der Waals surface area contributed by atoms with Gasteiger partial charge in [0, 0.05) is 12.1 Å². The van der Waals surface area contributed by atoms with Crippen LogP contribution < -0.4 is 5.32 Å². The number of rotatable bonds is 2. The molecule has 1 aromatic rings. The second-order valence-electron chi connectivity index (χ2n) is 2.63. The SMILES string of the molecule is C[CH]NC(=O)c1cccc(C)c1. The Balaban J connectivity index is 2.81. The maximum Gasteiger partial charge on any atom is 0.251 e. The van der Waals surface area contributed by atoms with Gasteiger partial charge in [0.2, 0.25) is 0 Å². The number of benzene rings is 1. The first kappa shape index (κ1) is 8.78. The third kappa shape index (κ3) is 2.09. The molecule has 63 valence electrons. The van der Waals surface area contributed by atoms with Crippen LogP contribution in [0.4, 0.5) is 0 Å². The van der Waals surface area contributed by atoms with Gasteiger partial charge in [-0.2, -0.15) is 0 Å². The highest BCUT2D eigenvalue weighted by Crippen LogP contribution is 2.03. The van der Waals surface area contributed by atoms with Gasteiger partial charge >= 0.3 is 0 Å². The van der Waals surface area contributed by atoms with Crippen LogP contribution in [0.2, 0.25) is 0 Å². The summed E-state index contributed by atoms with van der Waals surface area (Å²) in [7, 11) is 0. The van der Waals surface area contributed by atoms with E-state index in [0.29, 0.717) is 5.56 Å². The largest absolute Gasteiger partial charge is 0.348 e. The topological polar surface area (TPSA) is 29.1 Å². The summed E-state index contributed by atoms with van der Waals surface area (Å²) in [6.45, 7) is 5.38. The molecule has 0 aromatic heterocycles. The summed E-state index contributed by atoms with van der Waals surface area (Å²) in [4.78, 5) is 11.3. The first-order valence-electron chi connectivity index (χ1n) is 3.89. The summed E-state index contributed by atoms with van der Waals surface area (Å²) in [5.74, 6) is -0.0544. The Kier molecular flexibility index (Phi) is 2.86. The molecule has 2 heteroatoms. The van der Waals surface area contributed by atoms with Gasteiger partial charge in [0.05, 0.1) is 0 Å². The lowest BCUT2D eigenvalue weighted by Gasteiger charge is -2.01. The summed E-state index contributed by atoms with van der Waals surface area (Å²) in [6.07, 6.45) is 0. The van der Waals surface area contributed by atoms with Gasteiger partial charge in [-0.05, 0) is 26.0 Å². The number of carbonyl (C=O) groups excluding carboxylic acids is 1. The lowest BCUT2D eigenvalue weighted by Crippen LogP contribution is -2.18. The highest BCUT2D eigenvalue weighted by atomic mass is 16.1. The fraction of sp³-hybridized carbons (Fsp3) is 0.200. The van der Waals surface area contributed by atoms with Crippen molar-refractivity contribution in [1.82, 2.24) is 5.32 Å². The lowest BCUT2D eigenvalue weighted by atomic mass is 10.1. The van der Waals surface area contributed by atoms with Crippen molar-refractivity contribution in [3.05, 3.63) is 41.9 Å². The third-order valence-electron chi connectivity index (χ3n) is 1.56. The van der Waals surface area contributed by atoms with Crippen LogP contribution in [0.25, 0.3) is 0 Å². The number of aryl methyl sites for hydroxylation is 1. The second-order valence-corrected chi connectivity index (χ2v) is 2.63. The smallest absolute Gasteiger partial charge is 0.251 e. The Morgan fingerprint density at radius 3 is 2.83 bits per heavy atom. The standard InChI is InChI=1S/C10H12NO/c1-3-11-10(12)9-6-4-5-8(2)7-9/h3-7H,1-2H3,(H,11,12). The fourth-order valence-electron chi connectivity index (χ4n) is 1.00. The van der Waals surface area contributed by atoms with E-state index in [1.54, 1.807) is 19.5 Å². The number of hydrogen-bond acceptors (Lipinski definition) is 1. The number of carbonyl (C=O) groups is 1. The highest BCUT2D eigenvalue weighted by Gasteiger charge is 2.01. The van der Waals surface area contributed by atoms with Crippen LogP contribution in [0.5, 0.6) is 0 Å². The molecule has 0 aliphatic carbocycles. The summed E-state index contributed by atoms with van der Waals surface area (Å²) < 4.78 is 0. The van der Waals surface area contributed by atoms with Crippen LogP contribution in [0, 0.1) is 13.5 Å². The average molecular weight is 162 g/mol. The predicted octanol–water partition coefficient (Wildman–Crippen LogP) is 1.91. The van der Waals surface area contributed by atoms with Gasteiger partial charge in [-0.1, -0.05) is 17.7 Å². The molecule has 1 rings (SSSR count). The normalized spacial score (nSPS) is 9.50. The molecule has 1 amide bonds. The zero-order chi connectivity index (χ0) is 8.97. The molecule has 0 aliphatic heterocycles. The van der Waals surface area contributed by atoms with Crippen LogP contribution in [0.3, 0.4) is 0 Å². The highest BCUT2D eigenvalue weighted by molar-refractivity contribution is 5.94. The monoisotopic (exact) mass is 162 g/mol. The molecule has 0 bridgehead atoms. The zero-order valence-corrected chi connectivity index (χ0v) is 7.29. The zero-order valence-electron chi connectivity index (χ0n) is 7.29. The number of amides is 1. The van der Waals surface area contributed by atoms with Crippen LogP contribution in [-0.4, -0.2) is 5.91 Å². The van der Waals surface area contributed by atoms with Gasteiger partial charge in [0.25, 0.3) is 5.91 Å². The molecule has 0 saturated carbocycles. The van der Waals surface area contributed by atoms with E-state index in [-0.39, 0.29) is 5.91 Å². The minimum atomic E-state index is -0.0544. The van der Waals surface area contributed by atoms with Gasteiger partial charge < -0.3 is 5.32 Å². The Morgan fingerprint density at radius 2 is 2.25 bits per heavy atom. The van der Waals surface area contributed by atoms with E-state index < -0.39 is 0 Å². The summed E-state index contributed by atoms with van der Waals surface area (Å²) in [6, 6.07) is 7.50. The summed E-state index contributed by atoms with van der Waals surface area (Å²) in [5, 5.41) is 2.63. The Labute approximate surface area is 72.6 Å². The molecule has 0 aliphatic rings. The van der Waals surface area contributed by atoms with Crippen molar-refractivity contribution in [2.75, 3.05) is 0 Å². The summed E-state index contributed by atoms with van der Waals surface area (Å²) >= 11 is 0. The van der Waals surface area contributed by atoms with Crippen molar-refractivity contribution >= 4 is 5.91 Å². The van der Waals surface area contributed by atoms with E-state index in [9.17, 15) is 4.79 Å². The molecule has 1 N–H and O–H groups in total. The Morgan fingerprint density at radius 1 is 1.50 bits per heavy atom. The maximum absolute atomic E-state index is 11.3. The number of hydrogen-bond donors (Lipinski definition) is 1. The molecule has 0 fully saturated rings. The van der Waals surface area contributed by atoms with Crippen molar-refractivity contribution in [2.45, 2.75) is 13.8 Å². The van der Waals surface area contributed by atoms with Crippen molar-refractivity contribution in [3.63, 3.8) is 0 Å². The molecule has 1 radical (unpaired) electrons. The lowest BCUT2D eigenvalue weighted by molar-refractivity contribution is 0.0964. The number of nitrogens with one attached hydrogen (secondary N) is 1. The molecule has 0 saturated heterocycles. The Hall–Kier alpha value is -1.31. The molecule has 2 nitrogen and oxygen atoms in total. The van der Waals surface area contributed by atoms with Crippen LogP contribution in [0.15, 0.2) is 24.3 Å². The molecule has 0 unspecified atom stereocenters. The Bertz CT molecular complexity index is 281. The molecular formula is C10H12NO. The van der Waals surface area contributed by atoms with Crippen LogP contribution in [0.1, 0.15) is 22.8 Å². The molecular weight excluding hydrogens is 150 g/mol. The average Bonchev–Trinajstić information content (AvgIpc) is 2.05. The first-order chi connectivity index (χ1) is 5.74. The minimum absolute atomic E-state index is 0.0544. The van der Waals surface area contributed by atoms with Crippen molar-refractivity contribution in [1.29, 1.82) is 0 Å². The van der Waals surface area contributed by atoms with Gasteiger partial charge in [0.15, 0.2) is 0 Å². The predicted molar refractivity (Wildman–Crippen MR) is 48.6 cm³/mol. The minimum Gasteiger partial charge on any atom is -0.348 e. The van der Waals surface area contributed by atoms with Gasteiger partial charge in [-0.3, -0.25) is 4.79 Å². The van der Waals surface area contributed by atoms with E-state index in [4.69, 9.17) is 0 Å². The maximum atomic E-state index is 11.3. The molecule has 0 atom stereocenters. The van der Waals surface area contributed by atoms with Crippen LogP contribution >= 0.6 is 0 Å². The quantitative estimate of drug-likeness (QED) is 0.707. The van der Waals surface area contributed by atoms with E-state index >= 15 is 0 Å². The fourth-order valence-corrected chi connectivity index (χ4v) is 1.00. The van der Waals surface area contributed by atoms with Gasteiger partial charge in [0.1, 0.15) is 0 Å². The van der Waals surface area contributed by atoms with E-state index in [2.05, 4.69) is 5.32 Å². The van der Waals surface area contributed by atoms with E-state index in [1.807, 2.05) is 25.1 Å². The second kappa shape index (κ2) is 3.90. The van der Waals surface area contributed by atoms with E-state index in [0.717, 1.165) is 5.56 Å². The molecule has 0 heterocycles. The van der Waals surface area contributed by atoms with Crippen molar-refractivity contribution in [2.24, 2.45) is 0 Å². The first-order valence-corrected chi connectivity index (χ1v) is 3.89. The van der Waals surface area contributed by atoms with Crippen LogP contribution in [-0.2, 0) is 0 Å². The van der Waals surface area contributed by atoms with Gasteiger partial charge in [-0.15, -0.1) is 0 Å². The summed E-state index contributed by atoms with van der Waals surface area (Å²) in [5.41, 5.74) is 1.80. The molecule has 12 heavy (non-hydrogen) atoms. The third-order valence-corrected chi connectivity index (χ3v) is 1.56. The molecule has 0 spiro atoms. The van der Waals surface area contributed by atoms with Crippen molar-refractivity contribution < 1.29 is 4.79 Å². The molecule has 1 aromatic carbocycles. The van der Waals surface area contributed by atoms with E-state index in [1.165, 1.54) is 0 Å². The van der Waals surface area contributed by atoms with Crippen molar-refractivity contribution in [3.8, 4) is 0 Å². The van der Waals surface area contributed by atoms with Gasteiger partial charge in [-0.25, -0.2) is 0 Å².